The van der Waals surface area contributed by atoms with E-state index >= 15 is 0 Å². The molecule has 80 valence electrons. The first-order valence-electron chi connectivity index (χ1n) is 4.47. The van der Waals surface area contributed by atoms with Crippen LogP contribution in [0.1, 0.15) is 0 Å². The summed E-state index contributed by atoms with van der Waals surface area (Å²) in [4.78, 5) is 29.4. The lowest BCUT2D eigenvalue weighted by molar-refractivity contribution is -0.127. The number of aldehydes is 1. The summed E-state index contributed by atoms with van der Waals surface area (Å²) in [6, 6.07) is 3.28. The maximum atomic E-state index is 11.0. The van der Waals surface area contributed by atoms with E-state index < -0.39 is 5.91 Å². The van der Waals surface area contributed by atoms with Gasteiger partial charge in [-0.2, -0.15) is 0 Å². The third-order valence-corrected chi connectivity index (χ3v) is 2.03. The number of carbonyl (C=O) groups is 2. The highest BCUT2D eigenvalue weighted by Gasteiger charge is 2.09. The third-order valence-electron chi connectivity index (χ3n) is 2.03. The molecule has 0 bridgehead atoms. The number of rotatable bonds is 2. The molecular weight excluding hydrogens is 208 g/mol. The second kappa shape index (κ2) is 3.93. The molecule has 0 saturated carbocycles. The van der Waals surface area contributed by atoms with Crippen LogP contribution in [0.2, 0.25) is 0 Å². The van der Waals surface area contributed by atoms with E-state index in [1.165, 1.54) is 12.4 Å². The number of nitrogens with zero attached hydrogens (tertiary/aromatic N) is 2. The fourth-order valence-corrected chi connectivity index (χ4v) is 1.34. The molecule has 6 nitrogen and oxygen atoms in total. The van der Waals surface area contributed by atoms with Crippen molar-refractivity contribution < 1.29 is 9.59 Å². The Hall–Kier alpha value is -2.50. The lowest BCUT2D eigenvalue weighted by atomic mass is 10.2. The summed E-state index contributed by atoms with van der Waals surface area (Å²) >= 11 is 0. The molecule has 2 aromatic rings. The summed E-state index contributed by atoms with van der Waals surface area (Å²) in [6.07, 6.45) is 3.19. The van der Waals surface area contributed by atoms with Gasteiger partial charge in [-0.3, -0.25) is 19.6 Å². The van der Waals surface area contributed by atoms with Gasteiger partial charge in [0.25, 0.3) is 5.91 Å². The molecule has 0 aliphatic carbocycles. The number of anilines is 2. The fourth-order valence-electron chi connectivity index (χ4n) is 1.34. The molecule has 0 spiro atoms. The molecule has 2 rings (SSSR count). The number of hydrogen-bond donors (Lipinski definition) is 2. The number of nitrogen functional groups attached to an aromatic ring is 1. The minimum absolute atomic E-state index is 0.175. The molecule has 1 heterocycles. The Kier molecular flexibility index (Phi) is 2.47. The second-order valence-corrected chi connectivity index (χ2v) is 3.06. The van der Waals surface area contributed by atoms with Crippen LogP contribution in [0.5, 0.6) is 0 Å². The Morgan fingerprint density at radius 1 is 1.31 bits per heavy atom. The molecule has 6 heteroatoms. The number of hydrogen-bond acceptors (Lipinski definition) is 5. The zero-order valence-electron chi connectivity index (χ0n) is 8.18. The van der Waals surface area contributed by atoms with Crippen LogP contribution in [0.15, 0.2) is 24.5 Å². The average molecular weight is 216 g/mol. The number of nitrogens with two attached hydrogens (primary N) is 1. The molecule has 0 aliphatic heterocycles. The topological polar surface area (TPSA) is 98.0 Å². The van der Waals surface area contributed by atoms with E-state index in [4.69, 9.17) is 5.73 Å². The summed E-state index contributed by atoms with van der Waals surface area (Å²) in [7, 11) is 0. The Bertz CT molecular complexity index is 568. The second-order valence-electron chi connectivity index (χ2n) is 3.06. The molecule has 0 fully saturated rings. The van der Waals surface area contributed by atoms with Crippen LogP contribution >= 0.6 is 0 Å². The Morgan fingerprint density at radius 3 is 2.81 bits per heavy atom. The molecular formula is C10H8N4O2. The molecule has 1 aromatic carbocycles. The van der Waals surface area contributed by atoms with Crippen molar-refractivity contribution in [2.24, 2.45) is 0 Å². The minimum Gasteiger partial charge on any atom is -0.397 e. The van der Waals surface area contributed by atoms with E-state index in [1.54, 1.807) is 12.1 Å². The quantitative estimate of drug-likeness (QED) is 0.428. The number of fused-ring (bicyclic) bond motifs is 1. The van der Waals surface area contributed by atoms with Crippen LogP contribution in [0.4, 0.5) is 11.4 Å². The molecule has 1 aromatic heterocycles. The smallest absolute Gasteiger partial charge is 0.288 e. The SMILES string of the molecule is Nc1ccc2nccnc2c1NC(=O)C=O. The molecule has 0 radical (unpaired) electrons. The minimum atomic E-state index is -0.773. The lowest BCUT2D eigenvalue weighted by Crippen LogP contribution is -2.14. The zero-order chi connectivity index (χ0) is 11.5. The van der Waals surface area contributed by atoms with Gasteiger partial charge in [-0.05, 0) is 12.1 Å². The number of amides is 1. The molecule has 0 atom stereocenters. The Morgan fingerprint density at radius 2 is 2.06 bits per heavy atom. The van der Waals surface area contributed by atoms with Gasteiger partial charge in [0, 0.05) is 12.4 Å². The maximum absolute atomic E-state index is 11.0. The van der Waals surface area contributed by atoms with Gasteiger partial charge >= 0.3 is 0 Å². The largest absolute Gasteiger partial charge is 0.397 e. The van der Waals surface area contributed by atoms with E-state index in [1.807, 2.05) is 0 Å². The van der Waals surface area contributed by atoms with Crippen LogP contribution in [0.25, 0.3) is 11.0 Å². The standard InChI is InChI=1S/C10H8N4O2/c11-6-1-2-7-10(13-4-3-12-7)9(6)14-8(16)5-15/h1-5H,11H2,(H,14,16). The van der Waals surface area contributed by atoms with Gasteiger partial charge < -0.3 is 11.1 Å². The maximum Gasteiger partial charge on any atom is 0.288 e. The van der Waals surface area contributed by atoms with Gasteiger partial charge in [0.2, 0.25) is 6.29 Å². The van der Waals surface area contributed by atoms with Gasteiger partial charge in [0.05, 0.1) is 16.9 Å². The zero-order valence-corrected chi connectivity index (χ0v) is 8.18. The average Bonchev–Trinajstić information content (AvgIpc) is 2.32. The first-order chi connectivity index (χ1) is 7.72. The van der Waals surface area contributed by atoms with Crippen LogP contribution in [0.3, 0.4) is 0 Å². The van der Waals surface area contributed by atoms with Crippen molar-refractivity contribution >= 4 is 34.6 Å². The van der Waals surface area contributed by atoms with E-state index in [2.05, 4.69) is 15.3 Å². The predicted octanol–water partition coefficient (Wildman–Crippen LogP) is 0.349. The number of benzene rings is 1. The summed E-state index contributed by atoms with van der Waals surface area (Å²) in [6.45, 7) is 0. The number of carbonyl (C=O) groups excluding carboxylic acids is 2. The Balaban J connectivity index is 2.61. The van der Waals surface area contributed by atoms with Crippen LogP contribution in [-0.4, -0.2) is 22.2 Å². The summed E-state index contributed by atoms with van der Waals surface area (Å²) in [5.41, 5.74) is 7.39. The van der Waals surface area contributed by atoms with Gasteiger partial charge in [0.15, 0.2) is 0 Å². The van der Waals surface area contributed by atoms with Crippen LogP contribution < -0.4 is 11.1 Å². The van der Waals surface area contributed by atoms with Crippen LogP contribution in [-0.2, 0) is 9.59 Å². The molecule has 0 unspecified atom stereocenters. The molecule has 1 amide bonds. The first kappa shape index (κ1) is 10.0. The predicted molar refractivity (Wildman–Crippen MR) is 58.6 cm³/mol. The summed E-state index contributed by atoms with van der Waals surface area (Å²) < 4.78 is 0. The highest BCUT2D eigenvalue weighted by atomic mass is 16.2. The van der Waals surface area contributed by atoms with Gasteiger partial charge in [0.1, 0.15) is 5.52 Å². The van der Waals surface area contributed by atoms with Gasteiger partial charge in [-0.25, -0.2) is 0 Å². The van der Waals surface area contributed by atoms with Crippen molar-refractivity contribution in [3.05, 3.63) is 24.5 Å². The van der Waals surface area contributed by atoms with Crippen molar-refractivity contribution in [1.29, 1.82) is 0 Å². The van der Waals surface area contributed by atoms with Crippen molar-refractivity contribution in [1.82, 2.24) is 9.97 Å². The molecule has 3 N–H and O–H groups in total. The molecule has 16 heavy (non-hydrogen) atoms. The van der Waals surface area contributed by atoms with Crippen molar-refractivity contribution in [3.8, 4) is 0 Å². The summed E-state index contributed by atoms with van der Waals surface area (Å²) in [5.74, 6) is -0.773. The third kappa shape index (κ3) is 1.68. The monoisotopic (exact) mass is 216 g/mol. The summed E-state index contributed by atoms with van der Waals surface area (Å²) in [5, 5.41) is 2.37. The first-order valence-corrected chi connectivity index (χ1v) is 4.47. The van der Waals surface area contributed by atoms with E-state index in [0.717, 1.165) is 0 Å². The van der Waals surface area contributed by atoms with Gasteiger partial charge in [-0.15, -0.1) is 0 Å². The van der Waals surface area contributed by atoms with E-state index in [0.29, 0.717) is 22.4 Å². The Labute approximate surface area is 90.5 Å². The van der Waals surface area contributed by atoms with Crippen molar-refractivity contribution in [2.75, 3.05) is 11.1 Å². The highest BCUT2D eigenvalue weighted by Crippen LogP contribution is 2.26. The normalized spacial score (nSPS) is 10.0. The molecule has 0 aliphatic rings. The molecule has 0 saturated heterocycles. The van der Waals surface area contributed by atoms with Crippen molar-refractivity contribution in [2.45, 2.75) is 0 Å². The number of aromatic nitrogens is 2. The van der Waals surface area contributed by atoms with Crippen molar-refractivity contribution in [3.63, 3.8) is 0 Å². The lowest BCUT2D eigenvalue weighted by Gasteiger charge is -2.07. The van der Waals surface area contributed by atoms with E-state index in [9.17, 15) is 9.59 Å². The van der Waals surface area contributed by atoms with Crippen LogP contribution in [0, 0.1) is 0 Å². The van der Waals surface area contributed by atoms with E-state index in [-0.39, 0.29) is 6.29 Å². The fraction of sp³-hybridized carbons (Fsp3) is 0. The van der Waals surface area contributed by atoms with Gasteiger partial charge in [-0.1, -0.05) is 0 Å². The highest BCUT2D eigenvalue weighted by molar-refractivity contribution is 6.30. The number of nitrogens with one attached hydrogen (secondary N) is 1.